The van der Waals surface area contributed by atoms with Crippen molar-refractivity contribution in [2.24, 2.45) is 0 Å². The molecule has 0 saturated heterocycles. The van der Waals surface area contributed by atoms with E-state index in [1.54, 1.807) is 35.0 Å². The minimum Gasteiger partial charge on any atom is -0.337 e. The minimum absolute atomic E-state index is 0.0858. The van der Waals surface area contributed by atoms with Crippen LogP contribution in [-0.4, -0.2) is 47.8 Å². The van der Waals surface area contributed by atoms with Gasteiger partial charge in [-0.05, 0) is 40.8 Å². The number of amides is 1. The van der Waals surface area contributed by atoms with Crippen molar-refractivity contribution in [1.82, 2.24) is 34.9 Å². The largest absolute Gasteiger partial charge is 0.337 e. The van der Waals surface area contributed by atoms with Crippen LogP contribution in [0.1, 0.15) is 15.9 Å². The van der Waals surface area contributed by atoms with Crippen LogP contribution in [0.3, 0.4) is 0 Å². The molecule has 1 amide bonds. The molecule has 27 heavy (non-hydrogen) atoms. The molecule has 4 rings (SSSR count). The highest BCUT2D eigenvalue weighted by Gasteiger charge is 2.14. The average Bonchev–Trinajstić information content (AvgIpc) is 3.40. The van der Waals surface area contributed by atoms with Crippen LogP contribution in [0.5, 0.6) is 0 Å². The van der Waals surface area contributed by atoms with Crippen LogP contribution in [0.2, 0.25) is 0 Å². The Morgan fingerprint density at radius 2 is 1.85 bits per heavy atom. The molecule has 0 aliphatic carbocycles. The van der Waals surface area contributed by atoms with Crippen LogP contribution in [0.4, 0.5) is 0 Å². The van der Waals surface area contributed by atoms with Crippen molar-refractivity contribution in [3.8, 4) is 11.4 Å². The Labute approximate surface area is 155 Å². The van der Waals surface area contributed by atoms with Crippen molar-refractivity contribution in [3.05, 3.63) is 84.4 Å². The Morgan fingerprint density at radius 3 is 2.63 bits per heavy atom. The molecule has 0 bridgehead atoms. The Hall–Kier alpha value is -3.81. The van der Waals surface area contributed by atoms with E-state index in [4.69, 9.17) is 0 Å². The summed E-state index contributed by atoms with van der Waals surface area (Å²) in [5, 5.41) is 15.5. The van der Waals surface area contributed by atoms with Gasteiger partial charge in [-0.1, -0.05) is 24.3 Å². The highest BCUT2D eigenvalue weighted by atomic mass is 16.2. The molecule has 0 fully saturated rings. The maximum Gasteiger partial charge on any atom is 0.253 e. The van der Waals surface area contributed by atoms with Crippen molar-refractivity contribution in [2.75, 3.05) is 7.05 Å². The second-order valence-electron chi connectivity index (χ2n) is 6.09. The van der Waals surface area contributed by atoms with E-state index in [2.05, 4.69) is 20.6 Å². The number of carbonyl (C=O) groups excluding carboxylic acids is 1. The zero-order valence-electron chi connectivity index (χ0n) is 14.7. The first-order valence-electron chi connectivity index (χ1n) is 8.38. The molecular weight excluding hydrogens is 342 g/mol. The summed E-state index contributed by atoms with van der Waals surface area (Å²) in [7, 11) is 1.77. The third kappa shape index (κ3) is 3.59. The topological polar surface area (TPSA) is 81.7 Å². The summed E-state index contributed by atoms with van der Waals surface area (Å²) in [5.41, 5.74) is 3.23. The number of carbonyl (C=O) groups is 1. The van der Waals surface area contributed by atoms with Gasteiger partial charge in [-0.25, -0.2) is 9.36 Å². The van der Waals surface area contributed by atoms with Gasteiger partial charge in [0.05, 0.1) is 17.6 Å². The summed E-state index contributed by atoms with van der Waals surface area (Å²) >= 11 is 0. The molecule has 0 saturated carbocycles. The van der Waals surface area contributed by atoms with Crippen molar-refractivity contribution < 1.29 is 4.79 Å². The lowest BCUT2D eigenvalue weighted by Crippen LogP contribution is -2.26. The molecule has 0 aliphatic rings. The predicted molar refractivity (Wildman–Crippen MR) is 98.5 cm³/mol. The third-order valence-corrected chi connectivity index (χ3v) is 4.13. The summed E-state index contributed by atoms with van der Waals surface area (Å²) < 4.78 is 3.31. The van der Waals surface area contributed by atoms with Gasteiger partial charge in [0.25, 0.3) is 5.91 Å². The maximum atomic E-state index is 12.8. The monoisotopic (exact) mass is 359 g/mol. The van der Waals surface area contributed by atoms with Gasteiger partial charge in [-0.3, -0.25) is 4.79 Å². The maximum absolute atomic E-state index is 12.8. The number of rotatable bonds is 5. The van der Waals surface area contributed by atoms with Gasteiger partial charge in [0.1, 0.15) is 6.33 Å². The molecule has 2 heterocycles. The third-order valence-electron chi connectivity index (χ3n) is 4.13. The van der Waals surface area contributed by atoms with Crippen molar-refractivity contribution in [1.29, 1.82) is 0 Å². The van der Waals surface area contributed by atoms with E-state index >= 15 is 0 Å². The first kappa shape index (κ1) is 16.6. The Bertz CT molecular complexity index is 1040. The van der Waals surface area contributed by atoms with Crippen LogP contribution in [0.15, 0.2) is 73.3 Å². The lowest BCUT2D eigenvalue weighted by molar-refractivity contribution is 0.0785. The lowest BCUT2D eigenvalue weighted by Gasteiger charge is -2.16. The fourth-order valence-corrected chi connectivity index (χ4v) is 2.79. The van der Waals surface area contributed by atoms with Gasteiger partial charge in [0.2, 0.25) is 0 Å². The van der Waals surface area contributed by atoms with Gasteiger partial charge in [0.15, 0.2) is 0 Å². The molecule has 0 radical (unpaired) electrons. The summed E-state index contributed by atoms with van der Waals surface area (Å²) in [6.45, 7) is 0.459. The molecule has 8 nitrogen and oxygen atoms in total. The van der Waals surface area contributed by atoms with Gasteiger partial charge < -0.3 is 4.90 Å². The Balaban J connectivity index is 1.49. The second-order valence-corrected chi connectivity index (χ2v) is 6.09. The number of benzene rings is 2. The van der Waals surface area contributed by atoms with E-state index in [1.807, 2.05) is 48.7 Å². The number of tetrazole rings is 1. The van der Waals surface area contributed by atoms with Crippen molar-refractivity contribution in [3.63, 3.8) is 0 Å². The van der Waals surface area contributed by atoms with E-state index in [1.165, 1.54) is 11.0 Å². The second kappa shape index (κ2) is 7.20. The van der Waals surface area contributed by atoms with Gasteiger partial charge in [0, 0.05) is 30.9 Å². The first-order chi connectivity index (χ1) is 13.2. The van der Waals surface area contributed by atoms with Gasteiger partial charge in [-0.15, -0.1) is 5.10 Å². The van der Waals surface area contributed by atoms with Crippen molar-refractivity contribution >= 4 is 5.91 Å². The fourth-order valence-electron chi connectivity index (χ4n) is 2.79. The van der Waals surface area contributed by atoms with E-state index in [9.17, 15) is 4.79 Å². The average molecular weight is 359 g/mol. The summed E-state index contributed by atoms with van der Waals surface area (Å²) in [4.78, 5) is 14.4. The summed E-state index contributed by atoms with van der Waals surface area (Å²) in [6, 6.07) is 17.1. The lowest BCUT2D eigenvalue weighted by atomic mass is 10.1. The van der Waals surface area contributed by atoms with Crippen molar-refractivity contribution in [2.45, 2.75) is 6.54 Å². The highest BCUT2D eigenvalue weighted by Crippen LogP contribution is 2.13. The molecular formula is C19H17N7O. The minimum atomic E-state index is -0.0858. The van der Waals surface area contributed by atoms with Crippen LogP contribution >= 0.6 is 0 Å². The summed E-state index contributed by atoms with van der Waals surface area (Å²) in [6.07, 6.45) is 5.19. The zero-order chi connectivity index (χ0) is 18.6. The molecule has 134 valence electrons. The van der Waals surface area contributed by atoms with Crippen LogP contribution in [0, 0.1) is 0 Å². The fraction of sp³-hybridized carbons (Fsp3) is 0.105. The van der Waals surface area contributed by atoms with E-state index in [-0.39, 0.29) is 5.91 Å². The summed E-state index contributed by atoms with van der Waals surface area (Å²) in [5.74, 6) is -0.0858. The number of aromatic nitrogens is 6. The first-order valence-corrected chi connectivity index (χ1v) is 8.38. The zero-order valence-corrected chi connectivity index (χ0v) is 14.7. The SMILES string of the molecule is CN(Cc1cnn(-c2ccccc2)c1)C(=O)c1cccc(-n2cnnn2)c1. The normalized spacial score (nSPS) is 10.7. The van der Waals surface area contributed by atoms with Gasteiger partial charge >= 0.3 is 0 Å². The smallest absolute Gasteiger partial charge is 0.253 e. The van der Waals surface area contributed by atoms with Crippen LogP contribution in [-0.2, 0) is 6.54 Å². The van der Waals surface area contributed by atoms with Gasteiger partial charge in [-0.2, -0.15) is 5.10 Å². The van der Waals surface area contributed by atoms with E-state index < -0.39 is 0 Å². The van der Waals surface area contributed by atoms with Crippen LogP contribution < -0.4 is 0 Å². The molecule has 2 aromatic heterocycles. The molecule has 0 N–H and O–H groups in total. The molecule has 0 aliphatic heterocycles. The van der Waals surface area contributed by atoms with E-state index in [0.29, 0.717) is 12.1 Å². The number of hydrogen-bond acceptors (Lipinski definition) is 5. The number of nitrogens with zero attached hydrogens (tertiary/aromatic N) is 7. The molecule has 0 spiro atoms. The molecule has 0 atom stereocenters. The standard InChI is InChI=1S/C19H17N7O/c1-24(12-15-11-21-25(13-15)17-7-3-2-4-8-17)19(27)16-6-5-9-18(10-16)26-14-20-22-23-26/h2-11,13-14H,12H2,1H3. The Morgan fingerprint density at radius 1 is 1.04 bits per heavy atom. The predicted octanol–water partition coefficient (Wildman–Crippen LogP) is 2.12. The molecule has 2 aromatic carbocycles. The molecule has 8 heteroatoms. The van der Waals surface area contributed by atoms with Crippen LogP contribution in [0.25, 0.3) is 11.4 Å². The quantitative estimate of drug-likeness (QED) is 0.545. The molecule has 4 aromatic rings. The Kier molecular flexibility index (Phi) is 4.44. The van der Waals surface area contributed by atoms with E-state index in [0.717, 1.165) is 16.9 Å². The number of para-hydroxylation sites is 1. The highest BCUT2D eigenvalue weighted by molar-refractivity contribution is 5.94. The number of hydrogen-bond donors (Lipinski definition) is 0. The molecule has 0 unspecified atom stereocenters.